The molecule has 0 saturated heterocycles. The van der Waals surface area contributed by atoms with Crippen LogP contribution in [0.25, 0.3) is 0 Å². The number of nitrogens with zero attached hydrogens (tertiary/aromatic N) is 5. The van der Waals surface area contributed by atoms with Crippen LogP contribution in [0.15, 0.2) is 42.7 Å². The van der Waals surface area contributed by atoms with Crippen molar-refractivity contribution in [1.29, 1.82) is 0 Å². The van der Waals surface area contributed by atoms with Gasteiger partial charge < -0.3 is 20.3 Å². The molecule has 4 rings (SSSR count). The number of rotatable bonds is 4. The topological polar surface area (TPSA) is 97.2 Å². The first-order valence-corrected chi connectivity index (χ1v) is 8.93. The van der Waals surface area contributed by atoms with Crippen LogP contribution in [-0.4, -0.2) is 50.8 Å². The number of amides is 1. The average Bonchev–Trinajstić information content (AvgIpc) is 3.02. The summed E-state index contributed by atoms with van der Waals surface area (Å²) in [5, 5.41) is 10.6. The molecular weight excluding hydrogens is 358 g/mol. The quantitative estimate of drug-likeness (QED) is 0.716. The van der Waals surface area contributed by atoms with E-state index in [0.29, 0.717) is 37.0 Å². The second-order valence-corrected chi connectivity index (χ2v) is 6.37. The van der Waals surface area contributed by atoms with Gasteiger partial charge in [0.2, 0.25) is 5.95 Å². The number of benzene rings is 1. The number of anilines is 3. The lowest BCUT2D eigenvalue weighted by atomic mass is 10.3. The maximum atomic E-state index is 12.9. The van der Waals surface area contributed by atoms with E-state index in [1.54, 1.807) is 42.2 Å². The summed E-state index contributed by atoms with van der Waals surface area (Å²) in [6.45, 7) is 1.57. The maximum Gasteiger partial charge on any atom is 0.272 e. The molecule has 144 valence electrons. The zero-order valence-corrected chi connectivity index (χ0v) is 15.7. The Bertz CT molecular complexity index is 1000. The van der Waals surface area contributed by atoms with Crippen molar-refractivity contribution in [3.63, 3.8) is 0 Å². The second kappa shape index (κ2) is 7.55. The van der Waals surface area contributed by atoms with Crippen LogP contribution >= 0.6 is 0 Å². The Balaban J connectivity index is 1.59. The summed E-state index contributed by atoms with van der Waals surface area (Å²) in [6, 6.07) is 9.28. The lowest BCUT2D eigenvalue weighted by molar-refractivity contribution is 0.0740. The second-order valence-electron chi connectivity index (χ2n) is 6.37. The van der Waals surface area contributed by atoms with Gasteiger partial charge in [0.25, 0.3) is 5.91 Å². The van der Waals surface area contributed by atoms with Crippen molar-refractivity contribution in [2.75, 3.05) is 30.8 Å². The van der Waals surface area contributed by atoms with E-state index < -0.39 is 0 Å². The highest BCUT2D eigenvalue weighted by atomic mass is 16.5. The third-order valence-electron chi connectivity index (χ3n) is 4.59. The van der Waals surface area contributed by atoms with Gasteiger partial charge in [-0.15, -0.1) is 0 Å². The smallest absolute Gasteiger partial charge is 0.272 e. The molecule has 0 fully saturated rings. The zero-order valence-electron chi connectivity index (χ0n) is 15.7. The van der Waals surface area contributed by atoms with Crippen LogP contribution in [-0.2, 0) is 13.6 Å². The number of aromatic nitrogens is 4. The van der Waals surface area contributed by atoms with E-state index in [-0.39, 0.29) is 5.91 Å². The molecule has 2 aromatic heterocycles. The van der Waals surface area contributed by atoms with Gasteiger partial charge >= 0.3 is 0 Å². The standard InChI is InChI=1S/C19H21N7O2/c1-25-16(7-8-22-25)18(27)26-10-9-20-14-11-21-19(24-15(14)12-26)23-13-5-3-4-6-17(13)28-2/h3-8,11,20H,9-10,12H2,1-2H3,(H,21,23,24). The molecule has 28 heavy (non-hydrogen) atoms. The number of fused-ring (bicyclic) bond motifs is 1. The summed E-state index contributed by atoms with van der Waals surface area (Å²) in [6.07, 6.45) is 3.35. The van der Waals surface area contributed by atoms with Gasteiger partial charge in [0.05, 0.1) is 36.9 Å². The van der Waals surface area contributed by atoms with Crippen molar-refractivity contribution in [3.05, 3.63) is 54.1 Å². The molecule has 0 spiro atoms. The Morgan fingerprint density at radius 2 is 2.14 bits per heavy atom. The minimum absolute atomic E-state index is 0.0764. The van der Waals surface area contributed by atoms with Crippen LogP contribution in [0.5, 0.6) is 5.75 Å². The summed E-state index contributed by atoms with van der Waals surface area (Å²) >= 11 is 0. The van der Waals surface area contributed by atoms with Crippen LogP contribution in [0.1, 0.15) is 16.2 Å². The van der Waals surface area contributed by atoms with E-state index in [1.165, 1.54) is 0 Å². The van der Waals surface area contributed by atoms with E-state index in [0.717, 1.165) is 17.1 Å². The molecule has 3 aromatic rings. The SMILES string of the molecule is COc1ccccc1Nc1ncc2c(n1)CN(C(=O)c1ccnn1C)CCN2. The third-order valence-corrected chi connectivity index (χ3v) is 4.59. The van der Waals surface area contributed by atoms with Crippen LogP contribution in [0.2, 0.25) is 0 Å². The third kappa shape index (κ3) is 3.46. The predicted octanol–water partition coefficient (Wildman–Crippen LogP) is 2.03. The lowest BCUT2D eigenvalue weighted by Gasteiger charge is -2.20. The summed E-state index contributed by atoms with van der Waals surface area (Å²) in [5.41, 5.74) is 2.89. The van der Waals surface area contributed by atoms with Gasteiger partial charge in [-0.3, -0.25) is 9.48 Å². The fourth-order valence-electron chi connectivity index (χ4n) is 3.12. The molecule has 0 atom stereocenters. The Labute approximate surface area is 162 Å². The van der Waals surface area contributed by atoms with Gasteiger partial charge in [-0.25, -0.2) is 9.97 Å². The first kappa shape index (κ1) is 17.8. The summed E-state index contributed by atoms with van der Waals surface area (Å²) < 4.78 is 6.94. The molecule has 0 saturated carbocycles. The Hall–Kier alpha value is -3.62. The molecule has 1 aromatic carbocycles. The Morgan fingerprint density at radius 3 is 2.93 bits per heavy atom. The molecule has 2 N–H and O–H groups in total. The highest BCUT2D eigenvalue weighted by Crippen LogP contribution is 2.27. The highest BCUT2D eigenvalue weighted by Gasteiger charge is 2.23. The van der Waals surface area contributed by atoms with Crippen molar-refractivity contribution >= 4 is 23.2 Å². The number of carbonyl (C=O) groups is 1. The monoisotopic (exact) mass is 379 g/mol. The van der Waals surface area contributed by atoms with Gasteiger partial charge in [0, 0.05) is 26.3 Å². The fraction of sp³-hybridized carbons (Fsp3) is 0.263. The van der Waals surface area contributed by atoms with E-state index in [9.17, 15) is 4.79 Å². The van der Waals surface area contributed by atoms with Crippen LogP contribution < -0.4 is 15.4 Å². The Morgan fingerprint density at radius 1 is 1.29 bits per heavy atom. The minimum Gasteiger partial charge on any atom is -0.495 e. The van der Waals surface area contributed by atoms with Crippen molar-refractivity contribution in [1.82, 2.24) is 24.6 Å². The first-order chi connectivity index (χ1) is 13.7. The zero-order chi connectivity index (χ0) is 19.5. The van der Waals surface area contributed by atoms with Gasteiger partial charge in [-0.2, -0.15) is 5.10 Å². The summed E-state index contributed by atoms with van der Waals surface area (Å²) in [4.78, 5) is 23.6. The van der Waals surface area contributed by atoms with Crippen molar-refractivity contribution < 1.29 is 9.53 Å². The molecule has 1 amide bonds. The average molecular weight is 379 g/mol. The van der Waals surface area contributed by atoms with E-state index in [2.05, 4.69) is 25.7 Å². The Kier molecular flexibility index (Phi) is 4.79. The number of nitrogens with one attached hydrogen (secondary N) is 2. The van der Waals surface area contributed by atoms with Crippen molar-refractivity contribution in [2.24, 2.45) is 7.05 Å². The van der Waals surface area contributed by atoms with Crippen molar-refractivity contribution in [2.45, 2.75) is 6.54 Å². The summed E-state index contributed by atoms with van der Waals surface area (Å²) in [7, 11) is 3.37. The van der Waals surface area contributed by atoms with Crippen molar-refractivity contribution in [3.8, 4) is 5.75 Å². The van der Waals surface area contributed by atoms with E-state index in [1.807, 2.05) is 24.3 Å². The predicted molar refractivity (Wildman–Crippen MR) is 105 cm³/mol. The van der Waals surface area contributed by atoms with Crippen LogP contribution in [0.3, 0.4) is 0 Å². The molecule has 1 aliphatic heterocycles. The van der Waals surface area contributed by atoms with Gasteiger partial charge in [-0.05, 0) is 18.2 Å². The fourth-order valence-corrected chi connectivity index (χ4v) is 3.12. The molecule has 1 aliphatic rings. The number of carbonyl (C=O) groups excluding carboxylic acids is 1. The van der Waals surface area contributed by atoms with E-state index in [4.69, 9.17) is 4.74 Å². The molecule has 3 heterocycles. The highest BCUT2D eigenvalue weighted by molar-refractivity contribution is 5.92. The number of hydrogen-bond donors (Lipinski definition) is 2. The van der Waals surface area contributed by atoms with Gasteiger partial charge in [0.15, 0.2) is 0 Å². The largest absolute Gasteiger partial charge is 0.495 e. The number of ether oxygens (including phenoxy) is 1. The number of hydrogen-bond acceptors (Lipinski definition) is 7. The molecule has 9 nitrogen and oxygen atoms in total. The molecular formula is C19H21N7O2. The lowest BCUT2D eigenvalue weighted by Crippen LogP contribution is -2.34. The molecule has 0 unspecified atom stereocenters. The normalized spacial score (nSPS) is 13.3. The first-order valence-electron chi connectivity index (χ1n) is 8.93. The number of methoxy groups -OCH3 is 1. The number of para-hydroxylation sites is 2. The minimum atomic E-state index is -0.0764. The van der Waals surface area contributed by atoms with Gasteiger partial charge in [-0.1, -0.05) is 12.1 Å². The molecule has 0 radical (unpaired) electrons. The number of aryl methyl sites for hydroxylation is 1. The van der Waals surface area contributed by atoms with Gasteiger partial charge in [0.1, 0.15) is 11.4 Å². The molecule has 0 aliphatic carbocycles. The summed E-state index contributed by atoms with van der Waals surface area (Å²) in [5.74, 6) is 1.07. The molecule has 9 heteroatoms. The van der Waals surface area contributed by atoms with Crippen LogP contribution in [0, 0.1) is 0 Å². The van der Waals surface area contributed by atoms with E-state index >= 15 is 0 Å². The molecule has 0 bridgehead atoms. The van der Waals surface area contributed by atoms with Crippen LogP contribution in [0.4, 0.5) is 17.3 Å². The maximum absolute atomic E-state index is 12.9.